The Morgan fingerprint density at radius 2 is 1.85 bits per heavy atom. The van der Waals surface area contributed by atoms with Crippen LogP contribution in [0.15, 0.2) is 29.4 Å². The normalized spacial score (nSPS) is 17.6. The number of carbonyl (C=O) groups is 1. The minimum Gasteiger partial charge on any atom is -0.497 e. The van der Waals surface area contributed by atoms with Crippen LogP contribution < -0.4 is 15.4 Å². The summed E-state index contributed by atoms with van der Waals surface area (Å²) in [6.45, 7) is 1.40. The molecule has 2 aliphatic carbocycles. The van der Waals surface area contributed by atoms with Crippen molar-refractivity contribution in [3.05, 3.63) is 30.1 Å². The number of carbonyl (C=O) groups excluding carboxylic acids is 1. The summed E-state index contributed by atoms with van der Waals surface area (Å²) < 4.78 is 7.61. The van der Waals surface area contributed by atoms with Crippen molar-refractivity contribution in [3.8, 4) is 5.75 Å². The molecule has 0 saturated heterocycles. The average Bonchev–Trinajstić information content (AvgIpc) is 3.29. The molecule has 0 aliphatic heterocycles. The maximum atomic E-state index is 12.5. The van der Waals surface area contributed by atoms with Gasteiger partial charge < -0.3 is 19.9 Å². The van der Waals surface area contributed by atoms with Crippen molar-refractivity contribution in [2.45, 2.75) is 82.0 Å². The summed E-state index contributed by atoms with van der Waals surface area (Å²) in [4.78, 5) is 12.5. The number of nitrogens with one attached hydrogen (secondary N) is 2. The monoisotopic (exact) mass is 471 g/mol. The van der Waals surface area contributed by atoms with E-state index in [0.29, 0.717) is 24.3 Å². The fourth-order valence-electron chi connectivity index (χ4n) is 4.98. The van der Waals surface area contributed by atoms with Crippen LogP contribution >= 0.6 is 11.8 Å². The third-order valence-electron chi connectivity index (χ3n) is 6.84. The van der Waals surface area contributed by atoms with E-state index < -0.39 is 0 Å². The molecule has 2 saturated carbocycles. The van der Waals surface area contributed by atoms with E-state index in [4.69, 9.17) is 4.74 Å². The Kier molecular flexibility index (Phi) is 8.92. The molecule has 1 aromatic heterocycles. The van der Waals surface area contributed by atoms with Gasteiger partial charge in [0.2, 0.25) is 5.91 Å². The number of hydrogen-bond donors (Lipinski definition) is 2. The second-order valence-corrected chi connectivity index (χ2v) is 10.2. The molecule has 7 nitrogen and oxygen atoms in total. The van der Waals surface area contributed by atoms with Crippen LogP contribution in [-0.4, -0.2) is 40.1 Å². The molecule has 1 heterocycles. The summed E-state index contributed by atoms with van der Waals surface area (Å²) in [6.07, 6.45) is 12.5. The summed E-state index contributed by atoms with van der Waals surface area (Å²) in [5.74, 6) is 2.88. The number of thioether (sulfide) groups is 1. The lowest BCUT2D eigenvalue weighted by Crippen LogP contribution is -2.31. The third kappa shape index (κ3) is 6.88. The van der Waals surface area contributed by atoms with Gasteiger partial charge in [-0.2, -0.15) is 0 Å². The fraction of sp³-hybridized carbons (Fsp3) is 0.640. The molecule has 2 N–H and O–H groups in total. The molecule has 0 spiro atoms. The quantitative estimate of drug-likeness (QED) is 0.464. The number of rotatable bonds is 10. The number of nitrogens with zero attached hydrogens (tertiary/aromatic N) is 3. The van der Waals surface area contributed by atoms with Crippen molar-refractivity contribution in [3.63, 3.8) is 0 Å². The number of benzene rings is 1. The zero-order chi connectivity index (χ0) is 22.9. The van der Waals surface area contributed by atoms with Gasteiger partial charge in [-0.1, -0.05) is 56.4 Å². The van der Waals surface area contributed by atoms with Gasteiger partial charge in [0, 0.05) is 24.3 Å². The molecule has 0 unspecified atom stereocenters. The average molecular weight is 472 g/mol. The number of methoxy groups -OCH3 is 1. The molecule has 4 rings (SSSR count). The van der Waals surface area contributed by atoms with Gasteiger partial charge in [-0.25, -0.2) is 0 Å². The largest absolute Gasteiger partial charge is 0.497 e. The highest BCUT2D eigenvalue weighted by atomic mass is 32.2. The lowest BCUT2D eigenvalue weighted by atomic mass is 9.89. The second kappa shape index (κ2) is 12.3. The zero-order valence-electron chi connectivity index (χ0n) is 19.7. The van der Waals surface area contributed by atoms with Gasteiger partial charge in [-0.15, -0.1) is 10.2 Å². The Bertz CT molecular complexity index is 891. The molecular weight excluding hydrogens is 434 g/mol. The molecule has 0 radical (unpaired) electrons. The van der Waals surface area contributed by atoms with E-state index in [-0.39, 0.29) is 5.91 Å². The number of hydrogen-bond acceptors (Lipinski definition) is 6. The van der Waals surface area contributed by atoms with Crippen LogP contribution in [0.5, 0.6) is 5.75 Å². The number of anilines is 1. The maximum Gasteiger partial charge on any atom is 0.230 e. The van der Waals surface area contributed by atoms with Gasteiger partial charge in [0.25, 0.3) is 0 Å². The molecule has 2 fully saturated rings. The molecule has 2 aliphatic rings. The minimum absolute atomic E-state index is 0.0971. The fourth-order valence-corrected chi connectivity index (χ4v) is 5.83. The Labute approximate surface area is 201 Å². The summed E-state index contributed by atoms with van der Waals surface area (Å²) in [5.41, 5.74) is 0.990. The summed E-state index contributed by atoms with van der Waals surface area (Å²) >= 11 is 1.51. The highest BCUT2D eigenvalue weighted by Crippen LogP contribution is 2.33. The smallest absolute Gasteiger partial charge is 0.230 e. The highest BCUT2D eigenvalue weighted by Gasteiger charge is 2.23. The molecule has 0 atom stereocenters. The van der Waals surface area contributed by atoms with E-state index in [1.807, 2.05) is 24.3 Å². The summed E-state index contributed by atoms with van der Waals surface area (Å²) in [7, 11) is 1.67. The van der Waals surface area contributed by atoms with Gasteiger partial charge >= 0.3 is 0 Å². The maximum absolute atomic E-state index is 12.5. The van der Waals surface area contributed by atoms with Gasteiger partial charge in [-0.3, -0.25) is 4.79 Å². The first kappa shape index (κ1) is 23.9. The van der Waals surface area contributed by atoms with Crippen molar-refractivity contribution < 1.29 is 9.53 Å². The van der Waals surface area contributed by atoms with Crippen LogP contribution in [0.2, 0.25) is 0 Å². The highest BCUT2D eigenvalue weighted by molar-refractivity contribution is 7.99. The SMILES string of the molecule is COc1cccc(NCc2nnc(SCC(=O)NCC3CCCCC3)n2C2CCCCC2)c1. The van der Waals surface area contributed by atoms with Crippen LogP contribution in [0, 0.1) is 5.92 Å². The molecule has 180 valence electrons. The zero-order valence-corrected chi connectivity index (χ0v) is 20.5. The lowest BCUT2D eigenvalue weighted by Gasteiger charge is -2.25. The summed E-state index contributed by atoms with van der Waals surface area (Å²) in [5, 5.41) is 16.5. The Morgan fingerprint density at radius 3 is 2.61 bits per heavy atom. The molecule has 0 bridgehead atoms. The Morgan fingerprint density at radius 1 is 1.09 bits per heavy atom. The van der Waals surface area contributed by atoms with E-state index in [2.05, 4.69) is 25.4 Å². The van der Waals surface area contributed by atoms with Crippen LogP contribution in [0.1, 0.15) is 76.1 Å². The lowest BCUT2D eigenvalue weighted by molar-refractivity contribution is -0.118. The first-order valence-corrected chi connectivity index (χ1v) is 13.4. The van der Waals surface area contributed by atoms with E-state index in [0.717, 1.165) is 41.8 Å². The second-order valence-electron chi connectivity index (χ2n) is 9.24. The van der Waals surface area contributed by atoms with E-state index in [1.54, 1.807) is 7.11 Å². The van der Waals surface area contributed by atoms with Gasteiger partial charge in [-0.05, 0) is 43.7 Å². The number of aromatic nitrogens is 3. The number of amides is 1. The van der Waals surface area contributed by atoms with Crippen molar-refractivity contribution in [1.82, 2.24) is 20.1 Å². The predicted molar refractivity (Wildman–Crippen MR) is 133 cm³/mol. The van der Waals surface area contributed by atoms with Crippen LogP contribution in [-0.2, 0) is 11.3 Å². The van der Waals surface area contributed by atoms with E-state index in [1.165, 1.54) is 63.1 Å². The first-order chi connectivity index (χ1) is 16.2. The molecule has 33 heavy (non-hydrogen) atoms. The van der Waals surface area contributed by atoms with Gasteiger partial charge in [0.05, 0.1) is 19.4 Å². The van der Waals surface area contributed by atoms with E-state index in [9.17, 15) is 4.79 Å². The molecule has 8 heteroatoms. The summed E-state index contributed by atoms with van der Waals surface area (Å²) in [6, 6.07) is 8.32. The van der Waals surface area contributed by atoms with Crippen molar-refractivity contribution >= 4 is 23.4 Å². The number of ether oxygens (including phenoxy) is 1. The molecular formula is C25H37N5O2S. The van der Waals surface area contributed by atoms with Crippen molar-refractivity contribution in [2.75, 3.05) is 24.7 Å². The van der Waals surface area contributed by atoms with Crippen LogP contribution in [0.4, 0.5) is 5.69 Å². The van der Waals surface area contributed by atoms with Crippen LogP contribution in [0.25, 0.3) is 0 Å². The topological polar surface area (TPSA) is 81.1 Å². The third-order valence-corrected chi connectivity index (χ3v) is 7.78. The van der Waals surface area contributed by atoms with Crippen LogP contribution in [0.3, 0.4) is 0 Å². The Hall–Kier alpha value is -2.22. The molecule has 1 amide bonds. The van der Waals surface area contributed by atoms with Crippen molar-refractivity contribution in [1.29, 1.82) is 0 Å². The van der Waals surface area contributed by atoms with E-state index >= 15 is 0 Å². The predicted octanol–water partition coefficient (Wildman–Crippen LogP) is 5.19. The van der Waals surface area contributed by atoms with Gasteiger partial charge in [0.15, 0.2) is 11.0 Å². The van der Waals surface area contributed by atoms with Gasteiger partial charge in [0.1, 0.15) is 5.75 Å². The Balaban J connectivity index is 1.37. The van der Waals surface area contributed by atoms with Crippen molar-refractivity contribution in [2.24, 2.45) is 5.92 Å². The molecule has 1 aromatic carbocycles. The molecule has 2 aromatic rings. The first-order valence-electron chi connectivity index (χ1n) is 12.4. The minimum atomic E-state index is 0.0971. The standard InChI is InChI=1S/C25H37N5O2S/c1-32-22-14-8-11-20(15-22)26-17-23-28-29-25(30(23)21-12-6-3-7-13-21)33-18-24(31)27-16-19-9-4-2-5-10-19/h8,11,14-15,19,21,26H,2-7,9-10,12-13,16-18H2,1H3,(H,27,31).